The molecule has 1 aliphatic heterocycles. The Labute approximate surface area is 185 Å². The Hall–Kier alpha value is -3.34. The average Bonchev–Trinajstić information content (AvgIpc) is 3.30. The highest BCUT2D eigenvalue weighted by Crippen LogP contribution is 2.27. The molecule has 31 heavy (non-hydrogen) atoms. The van der Waals surface area contributed by atoms with E-state index in [1.807, 2.05) is 42.5 Å². The Bertz CT molecular complexity index is 1100. The molecular formula is C23H22ClN5O2. The van der Waals surface area contributed by atoms with Crippen LogP contribution in [0.2, 0.25) is 5.02 Å². The van der Waals surface area contributed by atoms with E-state index in [1.54, 1.807) is 24.1 Å². The van der Waals surface area contributed by atoms with Gasteiger partial charge in [0.05, 0.1) is 23.9 Å². The van der Waals surface area contributed by atoms with Crippen molar-refractivity contribution in [1.29, 1.82) is 5.26 Å². The zero-order valence-electron chi connectivity index (χ0n) is 17.1. The van der Waals surface area contributed by atoms with Gasteiger partial charge in [0.1, 0.15) is 17.5 Å². The topological polar surface area (TPSA) is 85.2 Å². The van der Waals surface area contributed by atoms with Gasteiger partial charge in [-0.25, -0.2) is 0 Å². The van der Waals surface area contributed by atoms with E-state index in [9.17, 15) is 10.1 Å². The number of methoxy groups -OCH3 is 1. The van der Waals surface area contributed by atoms with Crippen LogP contribution in [0.25, 0.3) is 11.3 Å². The van der Waals surface area contributed by atoms with Crippen LogP contribution in [-0.2, 0) is 0 Å². The number of aromatic amines is 1. The van der Waals surface area contributed by atoms with Gasteiger partial charge in [-0.05, 0) is 29.8 Å². The number of H-pyrrole nitrogens is 1. The van der Waals surface area contributed by atoms with Crippen LogP contribution in [0, 0.1) is 11.3 Å². The third-order valence-corrected chi connectivity index (χ3v) is 5.81. The maximum Gasteiger partial charge on any atom is 0.271 e. The van der Waals surface area contributed by atoms with Crippen LogP contribution in [0.5, 0.6) is 5.75 Å². The second-order valence-corrected chi connectivity index (χ2v) is 7.69. The van der Waals surface area contributed by atoms with E-state index in [1.165, 1.54) is 0 Å². The van der Waals surface area contributed by atoms with Crippen LogP contribution in [0.4, 0.5) is 0 Å². The molecule has 2 heterocycles. The summed E-state index contributed by atoms with van der Waals surface area (Å²) in [7, 11) is 1.62. The monoisotopic (exact) mass is 435 g/mol. The fourth-order valence-corrected chi connectivity index (χ4v) is 3.98. The van der Waals surface area contributed by atoms with E-state index in [4.69, 9.17) is 16.3 Å². The molecule has 3 aromatic rings. The van der Waals surface area contributed by atoms with Gasteiger partial charge in [-0.2, -0.15) is 10.4 Å². The first-order chi connectivity index (χ1) is 15.1. The number of nitrogens with zero attached hydrogens (tertiary/aromatic N) is 4. The Morgan fingerprint density at radius 3 is 2.52 bits per heavy atom. The normalized spacial score (nSPS) is 15.3. The summed E-state index contributed by atoms with van der Waals surface area (Å²) in [6.45, 7) is 2.30. The zero-order chi connectivity index (χ0) is 21.8. The van der Waals surface area contributed by atoms with Crippen molar-refractivity contribution in [1.82, 2.24) is 20.0 Å². The van der Waals surface area contributed by atoms with Crippen molar-refractivity contribution in [2.75, 3.05) is 33.3 Å². The molecule has 1 aliphatic rings. The van der Waals surface area contributed by atoms with E-state index < -0.39 is 0 Å². The van der Waals surface area contributed by atoms with Gasteiger partial charge in [0.2, 0.25) is 0 Å². The van der Waals surface area contributed by atoms with Gasteiger partial charge in [-0.3, -0.25) is 14.8 Å². The summed E-state index contributed by atoms with van der Waals surface area (Å²) < 4.78 is 5.19. The molecule has 0 radical (unpaired) electrons. The third kappa shape index (κ3) is 4.41. The van der Waals surface area contributed by atoms with Crippen molar-refractivity contribution in [3.05, 3.63) is 70.9 Å². The number of rotatable bonds is 5. The average molecular weight is 436 g/mol. The van der Waals surface area contributed by atoms with Gasteiger partial charge < -0.3 is 9.64 Å². The predicted octanol–water partition coefficient (Wildman–Crippen LogP) is 3.76. The predicted molar refractivity (Wildman–Crippen MR) is 118 cm³/mol. The maximum atomic E-state index is 12.9. The molecule has 1 unspecified atom stereocenters. The van der Waals surface area contributed by atoms with Crippen molar-refractivity contribution >= 4 is 17.5 Å². The molecule has 8 heteroatoms. The number of piperazine rings is 1. The minimum absolute atomic E-state index is 0.108. The maximum absolute atomic E-state index is 12.9. The molecule has 0 bridgehead atoms. The third-order valence-electron chi connectivity index (χ3n) is 5.48. The second-order valence-electron chi connectivity index (χ2n) is 7.28. The summed E-state index contributed by atoms with van der Waals surface area (Å²) in [5, 5.41) is 17.4. The minimum Gasteiger partial charge on any atom is -0.497 e. The van der Waals surface area contributed by atoms with Gasteiger partial charge in [0.25, 0.3) is 5.91 Å². The van der Waals surface area contributed by atoms with Crippen molar-refractivity contribution in [2.24, 2.45) is 0 Å². The first-order valence-corrected chi connectivity index (χ1v) is 10.4. The lowest BCUT2D eigenvalue weighted by atomic mass is 10.1. The molecule has 1 N–H and O–H groups in total. The fourth-order valence-electron chi connectivity index (χ4n) is 3.74. The van der Waals surface area contributed by atoms with Gasteiger partial charge in [0, 0.05) is 31.7 Å². The van der Waals surface area contributed by atoms with Crippen molar-refractivity contribution in [2.45, 2.75) is 6.04 Å². The molecule has 0 spiro atoms. The van der Waals surface area contributed by atoms with E-state index in [2.05, 4.69) is 21.2 Å². The van der Waals surface area contributed by atoms with Crippen LogP contribution in [-0.4, -0.2) is 59.2 Å². The molecule has 1 aromatic heterocycles. The van der Waals surface area contributed by atoms with Gasteiger partial charge in [0.15, 0.2) is 0 Å². The summed E-state index contributed by atoms with van der Waals surface area (Å²) in [5.74, 6) is 0.648. The summed E-state index contributed by atoms with van der Waals surface area (Å²) in [4.78, 5) is 16.8. The molecule has 4 rings (SSSR count). The van der Waals surface area contributed by atoms with Gasteiger partial charge in [-0.15, -0.1) is 0 Å². The summed E-state index contributed by atoms with van der Waals surface area (Å²) in [6.07, 6.45) is 0. The van der Waals surface area contributed by atoms with Crippen molar-refractivity contribution in [3.63, 3.8) is 0 Å². The number of aromatic nitrogens is 2. The number of halogens is 1. The number of benzene rings is 2. The van der Waals surface area contributed by atoms with E-state index in [-0.39, 0.29) is 11.9 Å². The smallest absolute Gasteiger partial charge is 0.271 e. The molecular weight excluding hydrogens is 414 g/mol. The number of amides is 1. The highest BCUT2D eigenvalue weighted by Gasteiger charge is 2.28. The quantitative estimate of drug-likeness (QED) is 0.659. The van der Waals surface area contributed by atoms with E-state index in [0.29, 0.717) is 42.6 Å². The highest BCUT2D eigenvalue weighted by atomic mass is 35.5. The summed E-state index contributed by atoms with van der Waals surface area (Å²) >= 11 is 6.24. The van der Waals surface area contributed by atoms with Crippen LogP contribution in [0.15, 0.2) is 54.6 Å². The van der Waals surface area contributed by atoms with Crippen molar-refractivity contribution in [3.8, 4) is 23.1 Å². The Morgan fingerprint density at radius 1 is 1.16 bits per heavy atom. The van der Waals surface area contributed by atoms with Crippen LogP contribution >= 0.6 is 11.6 Å². The zero-order valence-corrected chi connectivity index (χ0v) is 17.8. The van der Waals surface area contributed by atoms with Gasteiger partial charge >= 0.3 is 0 Å². The van der Waals surface area contributed by atoms with Crippen molar-refractivity contribution < 1.29 is 9.53 Å². The summed E-state index contributed by atoms with van der Waals surface area (Å²) in [6, 6.07) is 18.7. The largest absolute Gasteiger partial charge is 0.497 e. The van der Waals surface area contributed by atoms with Crippen LogP contribution < -0.4 is 4.74 Å². The number of hydrogen-bond donors (Lipinski definition) is 1. The number of nitriles is 1. The Balaban J connectivity index is 1.41. The van der Waals surface area contributed by atoms with E-state index in [0.717, 1.165) is 16.9 Å². The fraction of sp³-hybridized carbons (Fsp3) is 0.261. The second kappa shape index (κ2) is 9.21. The highest BCUT2D eigenvalue weighted by molar-refractivity contribution is 6.33. The first kappa shape index (κ1) is 20.9. The molecule has 1 amide bonds. The number of carbonyl (C=O) groups is 1. The number of nitrogens with one attached hydrogen (secondary N) is 1. The lowest BCUT2D eigenvalue weighted by Crippen LogP contribution is -2.49. The summed E-state index contributed by atoms with van der Waals surface area (Å²) in [5.41, 5.74) is 2.76. The molecule has 7 nitrogen and oxygen atoms in total. The standard InChI is InChI=1S/C23H22ClN5O2/c1-31-17-8-6-16(7-9-17)22(15-25)28-10-12-29(13-11-28)23(30)21-14-20(26-27-21)18-4-2-3-5-19(18)24/h2-9,14,22H,10-13H2,1H3,(H,26,27). The first-order valence-electron chi connectivity index (χ1n) is 9.98. The number of carbonyl (C=O) groups excluding carboxylic acids is 1. The molecule has 1 atom stereocenters. The number of hydrogen-bond acceptors (Lipinski definition) is 5. The SMILES string of the molecule is COc1ccc(C(C#N)N2CCN(C(=O)c3cc(-c4ccccc4Cl)n[nH]3)CC2)cc1. The minimum atomic E-state index is -0.359. The Morgan fingerprint density at radius 2 is 1.87 bits per heavy atom. The van der Waals surface area contributed by atoms with E-state index >= 15 is 0 Å². The molecule has 0 saturated carbocycles. The molecule has 1 fully saturated rings. The molecule has 1 saturated heterocycles. The lowest BCUT2D eigenvalue weighted by Gasteiger charge is -2.36. The van der Waals surface area contributed by atoms with Crippen LogP contribution in [0.1, 0.15) is 22.1 Å². The molecule has 2 aromatic carbocycles. The van der Waals surface area contributed by atoms with Crippen LogP contribution in [0.3, 0.4) is 0 Å². The Kier molecular flexibility index (Phi) is 6.21. The van der Waals surface area contributed by atoms with Gasteiger partial charge in [-0.1, -0.05) is 41.9 Å². The lowest BCUT2D eigenvalue weighted by molar-refractivity contribution is 0.0600. The molecule has 0 aliphatic carbocycles. The number of ether oxygens (including phenoxy) is 1. The molecule has 158 valence electrons.